The average molecular weight is 697 g/mol. The fourth-order valence-electron chi connectivity index (χ4n) is 6.38. The number of carbonyl (C=O) groups excluding carboxylic acids is 2. The van der Waals surface area contributed by atoms with Crippen LogP contribution in [0.25, 0.3) is 22.2 Å². The number of amides is 2. The summed E-state index contributed by atoms with van der Waals surface area (Å²) >= 11 is 0. The highest BCUT2D eigenvalue weighted by atomic mass is 19.3. The number of nitrogens with zero attached hydrogens (tertiary/aromatic N) is 6. The van der Waals surface area contributed by atoms with Crippen molar-refractivity contribution in [3.05, 3.63) is 65.5 Å². The number of hydrogen-bond donors (Lipinski definition) is 2. The third kappa shape index (κ3) is 7.06. The van der Waals surface area contributed by atoms with Gasteiger partial charge in [-0.2, -0.15) is 8.78 Å². The summed E-state index contributed by atoms with van der Waals surface area (Å²) in [5.41, 5.74) is -1.07. The minimum atomic E-state index is -3.32. The van der Waals surface area contributed by atoms with E-state index in [0.29, 0.717) is 13.1 Å². The Bertz CT molecular complexity index is 2020. The molecule has 2 atom stereocenters. The van der Waals surface area contributed by atoms with Crippen molar-refractivity contribution < 1.29 is 42.1 Å². The number of imidazole rings is 1. The zero-order valence-electron chi connectivity index (χ0n) is 27.6. The van der Waals surface area contributed by atoms with Crippen LogP contribution in [0.3, 0.4) is 0 Å². The molecular weight excluding hydrogens is 668 g/mol. The number of alkyl halides is 2. The van der Waals surface area contributed by atoms with Gasteiger partial charge >= 0.3 is 18.7 Å². The molecule has 2 aliphatic heterocycles. The largest absolute Gasteiger partial charge is 0.478 e. The Morgan fingerprint density at radius 1 is 1.14 bits per heavy atom. The number of piperazine rings is 1. The summed E-state index contributed by atoms with van der Waals surface area (Å²) in [6, 6.07) is 3.75. The fourth-order valence-corrected chi connectivity index (χ4v) is 6.38. The van der Waals surface area contributed by atoms with Crippen molar-refractivity contribution in [2.24, 2.45) is 0 Å². The van der Waals surface area contributed by atoms with Gasteiger partial charge in [0.15, 0.2) is 0 Å². The predicted octanol–water partition coefficient (Wildman–Crippen LogP) is 3.26. The van der Waals surface area contributed by atoms with Crippen LogP contribution in [0.1, 0.15) is 61.0 Å². The number of carboxylic acids is 1. The minimum Gasteiger partial charge on any atom is -0.478 e. The van der Waals surface area contributed by atoms with Gasteiger partial charge in [-0.1, -0.05) is 11.3 Å². The van der Waals surface area contributed by atoms with Crippen LogP contribution in [0.15, 0.2) is 42.7 Å². The van der Waals surface area contributed by atoms with E-state index in [-0.39, 0.29) is 63.9 Å². The van der Waals surface area contributed by atoms with Crippen molar-refractivity contribution in [2.45, 2.75) is 56.7 Å². The first kappa shape index (κ1) is 35.6. The van der Waals surface area contributed by atoms with E-state index >= 15 is 4.39 Å². The van der Waals surface area contributed by atoms with Gasteiger partial charge in [-0.05, 0) is 39.0 Å². The van der Waals surface area contributed by atoms with Gasteiger partial charge in [0.05, 0.1) is 58.8 Å². The third-order valence-corrected chi connectivity index (χ3v) is 8.30. The van der Waals surface area contributed by atoms with Crippen LogP contribution in [0.4, 0.5) is 23.9 Å². The molecule has 0 aliphatic carbocycles. The topological polar surface area (TPSA) is 152 Å². The van der Waals surface area contributed by atoms with Crippen LogP contribution < -0.4 is 15.0 Å². The predicted molar refractivity (Wildman–Crippen MR) is 180 cm³/mol. The molecule has 1 saturated heterocycles. The van der Waals surface area contributed by atoms with E-state index < -0.39 is 53.2 Å². The fraction of sp³-hybridized carbons (Fsp3) is 0.375. The van der Waals surface area contributed by atoms with E-state index in [9.17, 15) is 28.3 Å². The maximum atomic E-state index is 15.8. The highest BCUT2D eigenvalue weighted by molar-refractivity contribution is 6.59. The number of halogens is 3. The molecule has 2 aromatic carbocycles. The number of hydrogen-bond acceptors (Lipinski definition) is 9. The first-order chi connectivity index (χ1) is 23.9. The van der Waals surface area contributed by atoms with E-state index in [1.807, 2.05) is 0 Å². The van der Waals surface area contributed by atoms with Gasteiger partial charge in [0.2, 0.25) is 11.9 Å². The quantitative estimate of drug-likeness (QED) is 0.263. The number of fused-ring (bicyclic) bond motifs is 3. The number of benzene rings is 2. The summed E-state index contributed by atoms with van der Waals surface area (Å²) in [6.07, 6.45) is 1.48. The zero-order valence-corrected chi connectivity index (χ0v) is 27.6. The Hall–Kier alpha value is -5.22. The number of rotatable bonds is 8. The number of carbonyl (C=O) groups is 3. The highest BCUT2D eigenvalue weighted by Crippen LogP contribution is 2.49. The van der Waals surface area contributed by atoms with Crippen LogP contribution in [-0.2, 0) is 9.53 Å². The molecule has 2 aliphatic rings. The maximum absolute atomic E-state index is 15.8. The van der Waals surface area contributed by atoms with Crippen molar-refractivity contribution >= 4 is 58.5 Å². The van der Waals surface area contributed by atoms with Crippen molar-refractivity contribution in [1.82, 2.24) is 29.7 Å². The SMILES string of the molecule is [B]C([B])([B])N(C(=O)OC(C)(C)C)[C@@H]1CC(c2c(OC(F)F)cccc2C(=O)O)n2c1nc1cc(F)c(-c3cnc(N4CCNC(=O)C4)nc3)cc12. The smallest absolute Gasteiger partial charge is 0.409 e. The average Bonchev–Trinajstić information content (AvgIpc) is 3.55. The van der Waals surface area contributed by atoms with Gasteiger partial charge in [-0.25, -0.2) is 28.9 Å². The minimum absolute atomic E-state index is 0.0146. The van der Waals surface area contributed by atoms with Gasteiger partial charge in [0.1, 0.15) is 23.0 Å². The molecule has 2 N–H and O–H groups in total. The second kappa shape index (κ2) is 13.2. The summed E-state index contributed by atoms with van der Waals surface area (Å²) in [4.78, 5) is 53.7. The van der Waals surface area contributed by atoms with E-state index in [0.717, 1.165) is 11.0 Å². The standard InChI is InChI=1S/C32H29B3F3N7O6/c1-31(2,3)51-30(49)45(32(33,34)35)22-11-21(25-16(27(47)48)5-4-6-23(25)50-28(37)38)44-20-9-17(18(36)10-19(20)42-26(22)44)15-12-40-29(41-13-15)43-8-7-39-24(46)14-43/h4-6,9-10,12-13,21-22,28H,7-8,11,14H2,1-3H3,(H,39,46)(H,47,48)/t21?,22-/m1/s1. The molecule has 6 rings (SSSR count). The number of ether oxygens (including phenoxy) is 2. The van der Waals surface area contributed by atoms with Gasteiger partial charge in [-0.3, -0.25) is 4.79 Å². The molecule has 1 unspecified atom stereocenters. The van der Waals surface area contributed by atoms with E-state index in [4.69, 9.17) is 33.0 Å². The maximum Gasteiger partial charge on any atom is 0.409 e. The van der Waals surface area contributed by atoms with Gasteiger partial charge in [0.25, 0.3) is 0 Å². The number of aromatic nitrogens is 4. The molecule has 4 aromatic rings. The molecule has 258 valence electrons. The molecule has 0 saturated carbocycles. The van der Waals surface area contributed by atoms with Crippen LogP contribution in [-0.4, -0.2) is 108 Å². The molecule has 0 spiro atoms. The van der Waals surface area contributed by atoms with E-state index in [1.165, 1.54) is 41.2 Å². The normalized spacial score (nSPS) is 17.7. The molecule has 6 radical (unpaired) electrons. The first-order valence-electron chi connectivity index (χ1n) is 15.7. The lowest BCUT2D eigenvalue weighted by molar-refractivity contribution is -0.120. The molecule has 4 heterocycles. The lowest BCUT2D eigenvalue weighted by atomic mass is 9.48. The summed E-state index contributed by atoms with van der Waals surface area (Å²) in [6.45, 7) is 2.40. The molecule has 13 nitrogen and oxygen atoms in total. The zero-order chi connectivity index (χ0) is 37.0. The molecule has 0 bridgehead atoms. The summed E-state index contributed by atoms with van der Waals surface area (Å²) in [5.74, 6) is -2.55. The third-order valence-electron chi connectivity index (χ3n) is 8.30. The molecule has 1 fully saturated rings. The lowest BCUT2D eigenvalue weighted by Crippen LogP contribution is -2.56. The lowest BCUT2D eigenvalue weighted by Gasteiger charge is -2.41. The Labute approximate surface area is 293 Å². The summed E-state index contributed by atoms with van der Waals surface area (Å²) in [5, 5.41) is 10.5. The van der Waals surface area contributed by atoms with Crippen LogP contribution in [0.2, 0.25) is 0 Å². The second-order valence-electron chi connectivity index (χ2n) is 13.1. The van der Waals surface area contributed by atoms with Gasteiger partial charge < -0.3 is 34.3 Å². The Kier molecular flexibility index (Phi) is 9.18. The first-order valence-corrected chi connectivity index (χ1v) is 15.7. The number of aromatic carboxylic acids is 1. The Morgan fingerprint density at radius 3 is 2.45 bits per heavy atom. The van der Waals surface area contributed by atoms with E-state index in [2.05, 4.69) is 20.3 Å². The van der Waals surface area contributed by atoms with E-state index in [1.54, 1.807) is 25.7 Å². The van der Waals surface area contributed by atoms with Gasteiger partial charge in [-0.15, -0.1) is 0 Å². The van der Waals surface area contributed by atoms with Crippen LogP contribution in [0, 0.1) is 5.82 Å². The Balaban J connectivity index is 1.55. The van der Waals surface area contributed by atoms with Crippen molar-refractivity contribution in [3.63, 3.8) is 0 Å². The summed E-state index contributed by atoms with van der Waals surface area (Å²) < 4.78 is 55.1. The number of anilines is 1. The molecule has 51 heavy (non-hydrogen) atoms. The Morgan fingerprint density at radius 2 is 1.84 bits per heavy atom. The number of nitrogens with one attached hydrogen (secondary N) is 1. The van der Waals surface area contributed by atoms with Crippen LogP contribution in [0.5, 0.6) is 5.75 Å². The second-order valence-corrected chi connectivity index (χ2v) is 13.1. The van der Waals surface area contributed by atoms with Crippen molar-refractivity contribution in [1.29, 1.82) is 0 Å². The molecule has 19 heteroatoms. The molecule has 2 aromatic heterocycles. The molecule has 2 amide bonds. The van der Waals surface area contributed by atoms with Gasteiger partial charge in [0, 0.05) is 54.7 Å². The highest BCUT2D eigenvalue weighted by Gasteiger charge is 2.46. The van der Waals surface area contributed by atoms with Crippen LogP contribution >= 0.6 is 0 Å². The number of carboxylic acid groups (broad SMARTS) is 1. The van der Waals surface area contributed by atoms with Crippen molar-refractivity contribution in [3.8, 4) is 16.9 Å². The van der Waals surface area contributed by atoms with Crippen molar-refractivity contribution in [2.75, 3.05) is 24.5 Å². The molecular formula is C32H29B3F3N7O6. The summed E-state index contributed by atoms with van der Waals surface area (Å²) in [7, 11) is 18.3. The monoisotopic (exact) mass is 697 g/mol.